The van der Waals surface area contributed by atoms with E-state index >= 15 is 0 Å². The summed E-state index contributed by atoms with van der Waals surface area (Å²) in [5.74, 6) is 0.929. The quantitative estimate of drug-likeness (QED) is 0.794. The SMILES string of the molecule is c1nc(Cc2nc(CN3CCNCC3)nc3ccsc23)cs1. The number of thiazole rings is 1. The number of thiophene rings is 1. The summed E-state index contributed by atoms with van der Waals surface area (Å²) in [5, 5.41) is 7.57. The van der Waals surface area contributed by atoms with E-state index in [9.17, 15) is 0 Å². The molecule has 4 heterocycles. The van der Waals surface area contributed by atoms with Gasteiger partial charge in [0.1, 0.15) is 5.82 Å². The Balaban J connectivity index is 1.64. The molecule has 0 amide bonds. The van der Waals surface area contributed by atoms with Crippen molar-refractivity contribution in [2.24, 2.45) is 0 Å². The zero-order valence-electron chi connectivity index (χ0n) is 12.2. The fourth-order valence-corrected chi connectivity index (χ4v) is 4.11. The van der Waals surface area contributed by atoms with E-state index in [4.69, 9.17) is 9.97 Å². The van der Waals surface area contributed by atoms with Crippen LogP contribution in [0.4, 0.5) is 0 Å². The number of aromatic nitrogens is 3. The third-order valence-corrected chi connectivity index (χ3v) is 5.41. The van der Waals surface area contributed by atoms with E-state index in [1.807, 2.05) is 5.51 Å². The molecule has 0 aliphatic carbocycles. The zero-order valence-corrected chi connectivity index (χ0v) is 13.8. The number of nitrogens with zero attached hydrogens (tertiary/aromatic N) is 4. The Hall–Kier alpha value is -1.41. The van der Waals surface area contributed by atoms with E-state index in [1.165, 1.54) is 4.70 Å². The zero-order chi connectivity index (χ0) is 14.8. The van der Waals surface area contributed by atoms with Crippen molar-refractivity contribution < 1.29 is 0 Å². The first-order valence-corrected chi connectivity index (χ1v) is 9.24. The first-order chi connectivity index (χ1) is 10.9. The molecule has 1 saturated heterocycles. The fourth-order valence-electron chi connectivity index (χ4n) is 2.73. The molecule has 3 aromatic heterocycles. The van der Waals surface area contributed by atoms with Crippen molar-refractivity contribution in [2.75, 3.05) is 26.2 Å². The van der Waals surface area contributed by atoms with Crippen LogP contribution >= 0.6 is 22.7 Å². The molecule has 0 bridgehead atoms. The molecular formula is C15H17N5S2. The molecule has 0 aromatic carbocycles. The molecule has 0 radical (unpaired) electrons. The van der Waals surface area contributed by atoms with Crippen molar-refractivity contribution in [3.63, 3.8) is 0 Å². The highest BCUT2D eigenvalue weighted by Crippen LogP contribution is 2.24. The van der Waals surface area contributed by atoms with E-state index in [-0.39, 0.29) is 0 Å². The number of hydrogen-bond acceptors (Lipinski definition) is 7. The minimum absolute atomic E-state index is 0.789. The molecule has 0 saturated carbocycles. The van der Waals surface area contributed by atoms with Gasteiger partial charge in [0.2, 0.25) is 0 Å². The number of fused-ring (bicyclic) bond motifs is 1. The lowest BCUT2D eigenvalue weighted by molar-refractivity contribution is 0.228. The number of piperazine rings is 1. The van der Waals surface area contributed by atoms with Gasteiger partial charge in [-0.3, -0.25) is 4.90 Å². The van der Waals surface area contributed by atoms with Gasteiger partial charge in [-0.25, -0.2) is 15.0 Å². The highest BCUT2D eigenvalue weighted by molar-refractivity contribution is 7.17. The Labute approximate surface area is 137 Å². The maximum absolute atomic E-state index is 4.84. The molecule has 1 aliphatic heterocycles. The summed E-state index contributed by atoms with van der Waals surface area (Å²) in [6.07, 6.45) is 0.789. The standard InChI is InChI=1S/C15H17N5S2/c1-6-22-15-12(1)18-14(8-20-4-2-16-3-5-20)19-13(15)7-11-9-21-10-17-11/h1,6,9-10,16H,2-5,7-8H2. The molecule has 114 valence electrons. The van der Waals surface area contributed by atoms with Crippen LogP contribution in [0.3, 0.4) is 0 Å². The van der Waals surface area contributed by atoms with Crippen LogP contribution in [0.2, 0.25) is 0 Å². The summed E-state index contributed by atoms with van der Waals surface area (Å²) in [4.78, 5) is 16.4. The van der Waals surface area contributed by atoms with Gasteiger partial charge in [0, 0.05) is 38.0 Å². The van der Waals surface area contributed by atoms with Crippen LogP contribution in [0.15, 0.2) is 22.3 Å². The van der Waals surface area contributed by atoms with Gasteiger partial charge in [-0.1, -0.05) is 0 Å². The van der Waals surface area contributed by atoms with Crippen LogP contribution in [0, 0.1) is 0 Å². The van der Waals surface area contributed by atoms with Gasteiger partial charge in [-0.05, 0) is 11.4 Å². The van der Waals surface area contributed by atoms with E-state index < -0.39 is 0 Å². The Morgan fingerprint density at radius 3 is 2.95 bits per heavy atom. The lowest BCUT2D eigenvalue weighted by Gasteiger charge is -2.26. The average molecular weight is 331 g/mol. The largest absolute Gasteiger partial charge is 0.314 e. The Morgan fingerprint density at radius 2 is 2.14 bits per heavy atom. The Kier molecular flexibility index (Phi) is 4.11. The van der Waals surface area contributed by atoms with Crippen LogP contribution in [-0.4, -0.2) is 46.0 Å². The highest BCUT2D eigenvalue weighted by Gasteiger charge is 2.15. The summed E-state index contributed by atoms with van der Waals surface area (Å²) in [6.45, 7) is 5.05. The number of nitrogens with one attached hydrogen (secondary N) is 1. The van der Waals surface area contributed by atoms with Gasteiger partial charge in [0.15, 0.2) is 0 Å². The van der Waals surface area contributed by atoms with Gasteiger partial charge in [-0.15, -0.1) is 22.7 Å². The fraction of sp³-hybridized carbons (Fsp3) is 0.400. The Bertz CT molecular complexity index is 746. The molecule has 1 fully saturated rings. The smallest absolute Gasteiger partial charge is 0.143 e. The first-order valence-electron chi connectivity index (χ1n) is 7.41. The van der Waals surface area contributed by atoms with Crippen LogP contribution < -0.4 is 5.32 Å². The highest BCUT2D eigenvalue weighted by atomic mass is 32.1. The Morgan fingerprint density at radius 1 is 1.23 bits per heavy atom. The first kappa shape index (κ1) is 14.2. The molecule has 0 atom stereocenters. The summed E-state index contributed by atoms with van der Waals surface area (Å²) < 4.78 is 1.19. The molecule has 5 nitrogen and oxygen atoms in total. The normalized spacial score (nSPS) is 16.4. The second-order valence-corrected chi connectivity index (χ2v) is 7.04. The van der Waals surface area contributed by atoms with Crippen molar-refractivity contribution in [1.29, 1.82) is 0 Å². The predicted molar refractivity (Wildman–Crippen MR) is 90.5 cm³/mol. The van der Waals surface area contributed by atoms with E-state index in [2.05, 4.69) is 32.0 Å². The third kappa shape index (κ3) is 3.03. The van der Waals surface area contributed by atoms with Gasteiger partial charge >= 0.3 is 0 Å². The van der Waals surface area contributed by atoms with Crippen molar-refractivity contribution in [1.82, 2.24) is 25.2 Å². The summed E-state index contributed by atoms with van der Waals surface area (Å²) in [7, 11) is 0. The van der Waals surface area contributed by atoms with Crippen molar-refractivity contribution >= 4 is 32.9 Å². The molecule has 0 unspecified atom stereocenters. The molecule has 7 heteroatoms. The molecule has 3 aromatic rings. The topological polar surface area (TPSA) is 53.9 Å². The lowest BCUT2D eigenvalue weighted by atomic mass is 10.2. The molecule has 4 rings (SSSR count). The maximum Gasteiger partial charge on any atom is 0.143 e. The van der Waals surface area contributed by atoms with Gasteiger partial charge < -0.3 is 5.32 Å². The number of rotatable bonds is 4. The van der Waals surface area contributed by atoms with Crippen molar-refractivity contribution in [3.05, 3.63) is 39.5 Å². The summed E-state index contributed by atoms with van der Waals surface area (Å²) in [5.41, 5.74) is 5.14. The van der Waals surface area contributed by atoms with E-state index in [1.54, 1.807) is 22.7 Å². The van der Waals surface area contributed by atoms with Gasteiger partial charge in [0.05, 0.1) is 33.7 Å². The minimum atomic E-state index is 0.789. The monoisotopic (exact) mass is 331 g/mol. The molecule has 0 spiro atoms. The second-order valence-electron chi connectivity index (χ2n) is 5.40. The van der Waals surface area contributed by atoms with Crippen LogP contribution in [0.1, 0.15) is 17.2 Å². The van der Waals surface area contributed by atoms with Crippen molar-refractivity contribution in [2.45, 2.75) is 13.0 Å². The van der Waals surface area contributed by atoms with E-state index in [0.29, 0.717) is 0 Å². The van der Waals surface area contributed by atoms with Crippen LogP contribution in [0.5, 0.6) is 0 Å². The molecular weight excluding hydrogens is 314 g/mol. The molecule has 1 N–H and O–H groups in total. The molecule has 1 aliphatic rings. The maximum atomic E-state index is 4.84. The van der Waals surface area contributed by atoms with Crippen LogP contribution in [-0.2, 0) is 13.0 Å². The third-order valence-electron chi connectivity index (χ3n) is 3.83. The van der Waals surface area contributed by atoms with Gasteiger partial charge in [-0.2, -0.15) is 0 Å². The summed E-state index contributed by atoms with van der Waals surface area (Å²) >= 11 is 3.35. The molecule has 22 heavy (non-hydrogen) atoms. The van der Waals surface area contributed by atoms with E-state index in [0.717, 1.165) is 61.9 Å². The summed E-state index contributed by atoms with van der Waals surface area (Å²) in [6, 6.07) is 2.09. The average Bonchev–Trinajstić information content (AvgIpc) is 3.19. The predicted octanol–water partition coefficient (Wildman–Crippen LogP) is 2.14. The number of hydrogen-bond donors (Lipinski definition) is 1. The van der Waals surface area contributed by atoms with Crippen molar-refractivity contribution in [3.8, 4) is 0 Å². The lowest BCUT2D eigenvalue weighted by Crippen LogP contribution is -2.43. The van der Waals surface area contributed by atoms with Crippen LogP contribution in [0.25, 0.3) is 10.2 Å². The second kappa shape index (κ2) is 6.37. The van der Waals surface area contributed by atoms with Gasteiger partial charge in [0.25, 0.3) is 0 Å². The minimum Gasteiger partial charge on any atom is -0.314 e.